The summed E-state index contributed by atoms with van der Waals surface area (Å²) in [5.41, 5.74) is 1.24. The number of rotatable bonds is 6. The van der Waals surface area contributed by atoms with Crippen LogP contribution in [0, 0.1) is 5.92 Å². The Kier molecular flexibility index (Phi) is 5.62. The summed E-state index contributed by atoms with van der Waals surface area (Å²) >= 11 is 1.74. The molecule has 0 unspecified atom stereocenters. The second-order valence-corrected chi connectivity index (χ2v) is 6.49. The molecular formula is C16H21ClN2OS. The molecule has 1 amide bonds. The number of nitrogens with one attached hydrogen (secondary N) is 1. The van der Waals surface area contributed by atoms with E-state index >= 15 is 0 Å². The van der Waals surface area contributed by atoms with E-state index in [4.69, 9.17) is 0 Å². The average Bonchev–Trinajstić information content (AvgIpc) is 3.20. The fourth-order valence-electron chi connectivity index (χ4n) is 2.34. The highest BCUT2D eigenvalue weighted by molar-refractivity contribution is 7.17. The lowest BCUT2D eigenvalue weighted by Crippen LogP contribution is -2.35. The fourth-order valence-corrected chi connectivity index (χ4v) is 3.29. The summed E-state index contributed by atoms with van der Waals surface area (Å²) < 4.78 is 1.29. The quantitative estimate of drug-likeness (QED) is 0.884. The van der Waals surface area contributed by atoms with E-state index < -0.39 is 0 Å². The van der Waals surface area contributed by atoms with Crippen molar-refractivity contribution in [3.05, 3.63) is 35.2 Å². The van der Waals surface area contributed by atoms with Crippen molar-refractivity contribution in [2.45, 2.75) is 19.4 Å². The molecule has 1 N–H and O–H groups in total. The maximum atomic E-state index is 12.1. The number of thiophene rings is 1. The molecule has 1 fully saturated rings. The second-order valence-electron chi connectivity index (χ2n) is 5.58. The molecule has 1 aliphatic carbocycles. The maximum Gasteiger partial charge on any atom is 0.236 e. The summed E-state index contributed by atoms with van der Waals surface area (Å²) in [6.45, 7) is 2.13. The van der Waals surface area contributed by atoms with Gasteiger partial charge in [0.2, 0.25) is 5.91 Å². The third-order valence-corrected chi connectivity index (χ3v) is 4.81. The SMILES string of the molecule is CN(Cc1csc2ccccc12)C(=O)CNCC1CC1.Cl. The first-order chi connectivity index (χ1) is 9.74. The molecule has 3 nitrogen and oxygen atoms in total. The number of halogens is 1. The molecular weight excluding hydrogens is 304 g/mol. The van der Waals surface area contributed by atoms with Crippen LogP contribution in [0.5, 0.6) is 0 Å². The number of amides is 1. The lowest BCUT2D eigenvalue weighted by Gasteiger charge is -2.17. The Morgan fingerprint density at radius 1 is 1.38 bits per heavy atom. The van der Waals surface area contributed by atoms with Crippen LogP contribution in [0.4, 0.5) is 0 Å². The van der Waals surface area contributed by atoms with Crippen molar-refractivity contribution in [3.63, 3.8) is 0 Å². The summed E-state index contributed by atoms with van der Waals surface area (Å²) in [6.07, 6.45) is 2.63. The maximum absolute atomic E-state index is 12.1. The van der Waals surface area contributed by atoms with Crippen LogP contribution in [0.15, 0.2) is 29.6 Å². The van der Waals surface area contributed by atoms with E-state index in [1.165, 1.54) is 28.5 Å². The Morgan fingerprint density at radius 2 is 2.14 bits per heavy atom. The number of hydrogen-bond donors (Lipinski definition) is 1. The van der Waals surface area contributed by atoms with Gasteiger partial charge in [0.1, 0.15) is 0 Å². The van der Waals surface area contributed by atoms with E-state index in [0.29, 0.717) is 13.1 Å². The van der Waals surface area contributed by atoms with Crippen LogP contribution in [-0.4, -0.2) is 30.9 Å². The molecule has 0 saturated heterocycles. The molecule has 0 bridgehead atoms. The third kappa shape index (κ3) is 4.19. The number of hydrogen-bond acceptors (Lipinski definition) is 3. The van der Waals surface area contributed by atoms with E-state index in [1.54, 1.807) is 11.3 Å². The first-order valence-electron chi connectivity index (χ1n) is 7.14. The lowest BCUT2D eigenvalue weighted by atomic mass is 10.2. The zero-order chi connectivity index (χ0) is 13.9. The van der Waals surface area contributed by atoms with Crippen LogP contribution in [0.3, 0.4) is 0 Å². The molecule has 0 spiro atoms. The molecule has 1 aromatic heterocycles. The second kappa shape index (κ2) is 7.25. The summed E-state index contributed by atoms with van der Waals surface area (Å²) in [5, 5.41) is 6.68. The largest absolute Gasteiger partial charge is 0.340 e. The van der Waals surface area contributed by atoms with Gasteiger partial charge in [-0.3, -0.25) is 4.79 Å². The van der Waals surface area contributed by atoms with Crippen LogP contribution < -0.4 is 5.32 Å². The zero-order valence-electron chi connectivity index (χ0n) is 12.2. The zero-order valence-corrected chi connectivity index (χ0v) is 13.8. The van der Waals surface area contributed by atoms with Crippen molar-refractivity contribution in [3.8, 4) is 0 Å². The summed E-state index contributed by atoms with van der Waals surface area (Å²) in [7, 11) is 1.88. The fraction of sp³-hybridized carbons (Fsp3) is 0.438. The Balaban J connectivity index is 0.00000161. The minimum Gasteiger partial charge on any atom is -0.340 e. The number of carbonyl (C=O) groups is 1. The van der Waals surface area contributed by atoms with Crippen LogP contribution in [-0.2, 0) is 11.3 Å². The molecule has 2 aromatic rings. The third-order valence-electron chi connectivity index (χ3n) is 3.80. The van der Waals surface area contributed by atoms with Crippen molar-refractivity contribution >= 4 is 39.7 Å². The standard InChI is InChI=1S/C16H20N2OS.ClH/c1-18(16(19)9-17-8-12-6-7-12)10-13-11-20-15-5-3-2-4-14(13)15;/h2-5,11-12,17H,6-10H2,1H3;1H. The number of benzene rings is 1. The van der Waals surface area contributed by atoms with Crippen LogP contribution >= 0.6 is 23.7 Å². The highest BCUT2D eigenvalue weighted by Crippen LogP contribution is 2.27. The van der Waals surface area contributed by atoms with Gasteiger partial charge in [-0.15, -0.1) is 23.7 Å². The van der Waals surface area contributed by atoms with Crippen LogP contribution in [0.25, 0.3) is 10.1 Å². The number of carbonyl (C=O) groups excluding carboxylic acids is 1. The Morgan fingerprint density at radius 3 is 2.90 bits per heavy atom. The van der Waals surface area contributed by atoms with Gasteiger partial charge in [0, 0.05) is 18.3 Å². The Hall–Kier alpha value is -1.10. The number of fused-ring (bicyclic) bond motifs is 1. The van der Waals surface area contributed by atoms with E-state index in [0.717, 1.165) is 12.5 Å². The van der Waals surface area contributed by atoms with Crippen LogP contribution in [0.2, 0.25) is 0 Å². The predicted molar refractivity (Wildman–Crippen MR) is 91.1 cm³/mol. The summed E-state index contributed by atoms with van der Waals surface area (Å²) in [4.78, 5) is 13.9. The van der Waals surface area contributed by atoms with Gasteiger partial charge in [-0.2, -0.15) is 0 Å². The predicted octanol–water partition coefficient (Wildman–Crippen LogP) is 3.28. The molecule has 0 radical (unpaired) electrons. The topological polar surface area (TPSA) is 32.3 Å². The van der Waals surface area contributed by atoms with Gasteiger partial charge >= 0.3 is 0 Å². The number of nitrogens with zero attached hydrogens (tertiary/aromatic N) is 1. The van der Waals surface area contributed by atoms with Crippen molar-refractivity contribution < 1.29 is 4.79 Å². The summed E-state index contributed by atoms with van der Waals surface area (Å²) in [6, 6.07) is 8.37. The van der Waals surface area contributed by atoms with E-state index in [2.05, 4.69) is 35.0 Å². The molecule has 1 saturated carbocycles. The molecule has 0 aliphatic heterocycles. The molecule has 1 aliphatic rings. The molecule has 114 valence electrons. The molecule has 5 heteroatoms. The molecule has 1 aromatic carbocycles. The normalized spacial score (nSPS) is 14.0. The molecule has 3 rings (SSSR count). The van der Waals surface area contributed by atoms with Crippen molar-refractivity contribution in [1.29, 1.82) is 0 Å². The highest BCUT2D eigenvalue weighted by atomic mass is 35.5. The highest BCUT2D eigenvalue weighted by Gasteiger charge is 2.21. The minimum atomic E-state index is 0. The van der Waals surface area contributed by atoms with Crippen molar-refractivity contribution in [2.24, 2.45) is 5.92 Å². The average molecular weight is 325 g/mol. The van der Waals surface area contributed by atoms with Gasteiger partial charge in [0.15, 0.2) is 0 Å². The first-order valence-corrected chi connectivity index (χ1v) is 8.02. The Labute approximate surface area is 135 Å². The minimum absolute atomic E-state index is 0. The first kappa shape index (κ1) is 16.3. The van der Waals surface area contributed by atoms with Crippen LogP contribution in [0.1, 0.15) is 18.4 Å². The Bertz CT molecular complexity index is 609. The van der Waals surface area contributed by atoms with Gasteiger partial charge < -0.3 is 10.2 Å². The van der Waals surface area contributed by atoms with Gasteiger partial charge in [0.05, 0.1) is 6.54 Å². The van der Waals surface area contributed by atoms with Gasteiger partial charge in [-0.05, 0) is 47.7 Å². The lowest BCUT2D eigenvalue weighted by molar-refractivity contribution is -0.129. The molecule has 0 atom stereocenters. The smallest absolute Gasteiger partial charge is 0.236 e. The van der Waals surface area contributed by atoms with Gasteiger partial charge in [0.25, 0.3) is 0 Å². The van der Waals surface area contributed by atoms with Crippen molar-refractivity contribution in [1.82, 2.24) is 10.2 Å². The summed E-state index contributed by atoms with van der Waals surface area (Å²) in [5.74, 6) is 0.981. The monoisotopic (exact) mass is 324 g/mol. The van der Waals surface area contributed by atoms with Gasteiger partial charge in [-0.25, -0.2) is 0 Å². The molecule has 1 heterocycles. The van der Waals surface area contributed by atoms with Gasteiger partial charge in [-0.1, -0.05) is 18.2 Å². The van der Waals surface area contributed by atoms with E-state index in [-0.39, 0.29) is 18.3 Å². The number of likely N-dealkylation sites (N-methyl/N-ethyl adjacent to an activating group) is 1. The molecule has 21 heavy (non-hydrogen) atoms. The van der Waals surface area contributed by atoms with E-state index in [1.807, 2.05) is 11.9 Å². The van der Waals surface area contributed by atoms with E-state index in [9.17, 15) is 4.79 Å². The van der Waals surface area contributed by atoms with Crippen molar-refractivity contribution in [2.75, 3.05) is 20.1 Å².